The van der Waals surface area contributed by atoms with Gasteiger partial charge in [0.05, 0.1) is 18.6 Å². The highest BCUT2D eigenvalue weighted by atomic mass is 32.1. The molecule has 0 N–H and O–H groups in total. The molecule has 1 aromatic heterocycles. The molecule has 2 fully saturated rings. The van der Waals surface area contributed by atoms with E-state index in [-0.39, 0.29) is 5.41 Å². The fourth-order valence-corrected chi connectivity index (χ4v) is 4.65. The zero-order chi connectivity index (χ0) is 16.3. The van der Waals surface area contributed by atoms with Crippen LogP contribution in [-0.2, 0) is 16.1 Å². The standard InChI is InChI=1S/C17H27N3O2S/c1-14-13-23-15(18-14)12-19-8-5-17(6-9-19)4-3-7-20(16(17)21)10-11-22-2/h13H,3-12H2,1-2H3. The average molecular weight is 337 g/mol. The number of piperidine rings is 2. The number of methoxy groups -OCH3 is 1. The molecule has 0 bridgehead atoms. The van der Waals surface area contributed by atoms with Crippen LogP contribution in [0.3, 0.4) is 0 Å². The minimum atomic E-state index is -0.110. The second kappa shape index (κ2) is 7.28. The van der Waals surface area contributed by atoms with Gasteiger partial charge in [-0.3, -0.25) is 9.69 Å². The van der Waals surface area contributed by atoms with Gasteiger partial charge in [0.25, 0.3) is 0 Å². The van der Waals surface area contributed by atoms with Crippen molar-refractivity contribution in [3.8, 4) is 0 Å². The van der Waals surface area contributed by atoms with Crippen molar-refractivity contribution in [1.82, 2.24) is 14.8 Å². The fourth-order valence-electron chi connectivity index (χ4n) is 3.84. The Morgan fingerprint density at radius 1 is 1.30 bits per heavy atom. The Bertz CT molecular complexity index is 538. The first kappa shape index (κ1) is 16.9. The lowest BCUT2D eigenvalue weighted by Crippen LogP contribution is -2.54. The van der Waals surface area contributed by atoms with Gasteiger partial charge in [-0.2, -0.15) is 0 Å². The van der Waals surface area contributed by atoms with E-state index in [0.29, 0.717) is 12.5 Å². The minimum absolute atomic E-state index is 0.110. The normalized spacial score (nSPS) is 22.0. The van der Waals surface area contributed by atoms with Crippen molar-refractivity contribution in [3.63, 3.8) is 0 Å². The molecule has 1 spiro atoms. The van der Waals surface area contributed by atoms with Gasteiger partial charge in [-0.05, 0) is 45.7 Å². The molecule has 2 aliphatic rings. The third-order valence-electron chi connectivity index (χ3n) is 5.23. The second-order valence-corrected chi connectivity index (χ2v) is 7.77. The van der Waals surface area contributed by atoms with Crippen LogP contribution in [-0.4, -0.2) is 60.6 Å². The van der Waals surface area contributed by atoms with Crippen molar-refractivity contribution < 1.29 is 9.53 Å². The Morgan fingerprint density at radius 2 is 2.09 bits per heavy atom. The van der Waals surface area contributed by atoms with Crippen LogP contribution in [0, 0.1) is 12.3 Å². The van der Waals surface area contributed by atoms with E-state index in [9.17, 15) is 4.79 Å². The molecule has 3 heterocycles. The Labute approximate surface area is 142 Å². The van der Waals surface area contributed by atoms with E-state index in [4.69, 9.17) is 4.74 Å². The average Bonchev–Trinajstić information content (AvgIpc) is 2.96. The number of thiazole rings is 1. The summed E-state index contributed by atoms with van der Waals surface area (Å²) >= 11 is 1.74. The van der Waals surface area contributed by atoms with Crippen molar-refractivity contribution in [2.24, 2.45) is 5.41 Å². The maximum absolute atomic E-state index is 12.9. The lowest BCUT2D eigenvalue weighted by Gasteiger charge is -2.46. The van der Waals surface area contributed by atoms with Crippen molar-refractivity contribution in [3.05, 3.63) is 16.1 Å². The Kier molecular flexibility index (Phi) is 5.34. The summed E-state index contributed by atoms with van der Waals surface area (Å²) in [6.45, 7) is 7.24. The van der Waals surface area contributed by atoms with Crippen LogP contribution in [0.25, 0.3) is 0 Å². The molecule has 2 aliphatic heterocycles. The number of carbonyl (C=O) groups is 1. The Hall–Kier alpha value is -0.980. The lowest BCUT2D eigenvalue weighted by molar-refractivity contribution is -0.150. The van der Waals surface area contributed by atoms with Crippen molar-refractivity contribution in [2.75, 3.05) is 39.9 Å². The van der Waals surface area contributed by atoms with E-state index in [1.165, 1.54) is 5.01 Å². The van der Waals surface area contributed by atoms with Crippen LogP contribution in [0.1, 0.15) is 36.4 Å². The minimum Gasteiger partial charge on any atom is -0.383 e. The monoisotopic (exact) mass is 337 g/mol. The molecule has 23 heavy (non-hydrogen) atoms. The number of carbonyl (C=O) groups excluding carboxylic acids is 1. The van der Waals surface area contributed by atoms with Gasteiger partial charge in [0, 0.05) is 31.3 Å². The van der Waals surface area contributed by atoms with E-state index < -0.39 is 0 Å². The predicted molar refractivity (Wildman–Crippen MR) is 91.5 cm³/mol. The molecule has 0 unspecified atom stereocenters. The van der Waals surface area contributed by atoms with Gasteiger partial charge in [0.15, 0.2) is 0 Å². The van der Waals surface area contributed by atoms with Crippen molar-refractivity contribution >= 4 is 17.2 Å². The quantitative estimate of drug-likeness (QED) is 0.827. The fraction of sp³-hybridized carbons (Fsp3) is 0.765. The Balaban J connectivity index is 1.57. The molecule has 0 atom stereocenters. The van der Waals surface area contributed by atoms with E-state index in [1.807, 2.05) is 11.8 Å². The zero-order valence-electron chi connectivity index (χ0n) is 14.2. The van der Waals surface area contributed by atoms with E-state index >= 15 is 0 Å². The summed E-state index contributed by atoms with van der Waals surface area (Å²) in [5.41, 5.74) is 0.996. The van der Waals surface area contributed by atoms with Gasteiger partial charge >= 0.3 is 0 Å². The van der Waals surface area contributed by atoms with Crippen LogP contribution >= 0.6 is 11.3 Å². The number of hydrogen-bond acceptors (Lipinski definition) is 5. The molecule has 5 nitrogen and oxygen atoms in total. The summed E-state index contributed by atoms with van der Waals surface area (Å²) in [5.74, 6) is 0.366. The van der Waals surface area contributed by atoms with Gasteiger partial charge in [-0.15, -0.1) is 11.3 Å². The number of nitrogens with zero attached hydrogens (tertiary/aromatic N) is 3. The molecule has 2 saturated heterocycles. The maximum Gasteiger partial charge on any atom is 0.228 e. The number of amides is 1. The largest absolute Gasteiger partial charge is 0.383 e. The van der Waals surface area contributed by atoms with Gasteiger partial charge in [-0.1, -0.05) is 0 Å². The third kappa shape index (κ3) is 3.75. The molecular formula is C17H27N3O2S. The van der Waals surface area contributed by atoms with E-state index in [2.05, 4.69) is 15.3 Å². The number of aromatic nitrogens is 1. The third-order valence-corrected chi connectivity index (χ3v) is 6.18. The highest BCUT2D eigenvalue weighted by Gasteiger charge is 2.45. The van der Waals surface area contributed by atoms with Crippen LogP contribution in [0.4, 0.5) is 0 Å². The molecule has 6 heteroatoms. The van der Waals surface area contributed by atoms with Gasteiger partial charge in [0.2, 0.25) is 5.91 Å². The van der Waals surface area contributed by atoms with Gasteiger partial charge in [-0.25, -0.2) is 4.98 Å². The SMILES string of the molecule is COCCN1CCCC2(CCN(Cc3nc(C)cs3)CC2)C1=O. The van der Waals surface area contributed by atoms with Gasteiger partial charge in [0.1, 0.15) is 5.01 Å². The summed E-state index contributed by atoms with van der Waals surface area (Å²) in [4.78, 5) is 21.9. The van der Waals surface area contributed by atoms with Crippen LogP contribution < -0.4 is 0 Å². The highest BCUT2D eigenvalue weighted by molar-refractivity contribution is 7.09. The van der Waals surface area contributed by atoms with Crippen LogP contribution in [0.15, 0.2) is 5.38 Å². The smallest absolute Gasteiger partial charge is 0.228 e. The second-order valence-electron chi connectivity index (χ2n) is 6.83. The Morgan fingerprint density at radius 3 is 2.74 bits per heavy atom. The summed E-state index contributed by atoms with van der Waals surface area (Å²) in [6, 6.07) is 0. The predicted octanol–water partition coefficient (Wildman–Crippen LogP) is 2.30. The first-order valence-electron chi connectivity index (χ1n) is 8.55. The van der Waals surface area contributed by atoms with Gasteiger partial charge < -0.3 is 9.64 Å². The highest BCUT2D eigenvalue weighted by Crippen LogP contribution is 2.41. The molecular weight excluding hydrogens is 310 g/mol. The molecule has 0 aromatic carbocycles. The van der Waals surface area contributed by atoms with E-state index in [1.54, 1.807) is 18.4 Å². The summed E-state index contributed by atoms with van der Waals surface area (Å²) in [5, 5.41) is 3.30. The topological polar surface area (TPSA) is 45.7 Å². The molecule has 1 aromatic rings. The van der Waals surface area contributed by atoms with E-state index in [0.717, 1.165) is 64.1 Å². The molecule has 0 saturated carbocycles. The van der Waals surface area contributed by atoms with Crippen LogP contribution in [0.5, 0.6) is 0 Å². The first-order chi connectivity index (χ1) is 11.1. The van der Waals surface area contributed by atoms with Crippen LogP contribution in [0.2, 0.25) is 0 Å². The number of likely N-dealkylation sites (tertiary alicyclic amines) is 2. The lowest BCUT2D eigenvalue weighted by atomic mass is 9.71. The summed E-state index contributed by atoms with van der Waals surface area (Å²) in [6.07, 6.45) is 4.15. The molecule has 0 aliphatic carbocycles. The number of rotatable bonds is 5. The number of hydrogen-bond donors (Lipinski definition) is 0. The molecule has 0 radical (unpaired) electrons. The number of aryl methyl sites for hydroxylation is 1. The molecule has 128 valence electrons. The molecule has 1 amide bonds. The maximum atomic E-state index is 12.9. The van der Waals surface area contributed by atoms with Crippen molar-refractivity contribution in [1.29, 1.82) is 0 Å². The zero-order valence-corrected chi connectivity index (χ0v) is 15.0. The summed E-state index contributed by atoms with van der Waals surface area (Å²) in [7, 11) is 1.70. The summed E-state index contributed by atoms with van der Waals surface area (Å²) < 4.78 is 5.15. The molecule has 3 rings (SSSR count). The first-order valence-corrected chi connectivity index (χ1v) is 9.43. The number of ether oxygens (including phenoxy) is 1. The van der Waals surface area contributed by atoms with Crippen molar-refractivity contribution in [2.45, 2.75) is 39.2 Å².